The molecule has 1 aromatic carbocycles. The molecule has 1 amide bonds. The van der Waals surface area contributed by atoms with Gasteiger partial charge < -0.3 is 10.6 Å². The average Bonchev–Trinajstić information content (AvgIpc) is 2.79. The normalized spacial score (nSPS) is 23.3. The number of amides is 1. The molecule has 0 aromatic heterocycles. The van der Waals surface area contributed by atoms with Crippen molar-refractivity contribution in [3.63, 3.8) is 0 Å². The number of carbonyl (C=O) groups excluding carboxylic acids is 1. The number of aryl methyl sites for hydroxylation is 1. The SMILES string of the molecule is CC[C@H](N)C(=O)N1CC(c2ccccc2C)CC1C.Cl. The second-order valence-corrected chi connectivity index (χ2v) is 5.64. The molecule has 1 aromatic rings. The van der Waals surface area contributed by atoms with Crippen LogP contribution < -0.4 is 5.73 Å². The van der Waals surface area contributed by atoms with E-state index in [9.17, 15) is 4.79 Å². The molecule has 1 aliphatic rings. The molecular formula is C16H25ClN2O. The Morgan fingerprint density at radius 2 is 2.10 bits per heavy atom. The molecule has 2 rings (SSSR count). The number of hydrogen-bond donors (Lipinski definition) is 1. The molecule has 0 radical (unpaired) electrons. The Morgan fingerprint density at radius 1 is 1.45 bits per heavy atom. The monoisotopic (exact) mass is 296 g/mol. The predicted molar refractivity (Wildman–Crippen MR) is 85.2 cm³/mol. The zero-order valence-corrected chi connectivity index (χ0v) is 13.3. The second kappa shape index (κ2) is 7.09. The third kappa shape index (κ3) is 3.33. The first-order valence-electron chi connectivity index (χ1n) is 7.16. The molecule has 1 saturated heterocycles. The summed E-state index contributed by atoms with van der Waals surface area (Å²) in [6.07, 6.45) is 1.74. The van der Waals surface area contributed by atoms with E-state index in [1.165, 1.54) is 11.1 Å². The van der Waals surface area contributed by atoms with Crippen molar-refractivity contribution >= 4 is 18.3 Å². The van der Waals surface area contributed by atoms with E-state index < -0.39 is 0 Å². The van der Waals surface area contributed by atoms with Crippen LogP contribution in [0.2, 0.25) is 0 Å². The lowest BCUT2D eigenvalue weighted by Crippen LogP contribution is -2.45. The molecule has 2 N–H and O–H groups in total. The van der Waals surface area contributed by atoms with Crippen LogP contribution in [0.5, 0.6) is 0 Å². The molecular weight excluding hydrogens is 272 g/mol. The highest BCUT2D eigenvalue weighted by Crippen LogP contribution is 2.33. The van der Waals surface area contributed by atoms with E-state index in [0.29, 0.717) is 12.3 Å². The predicted octanol–water partition coefficient (Wildman–Crippen LogP) is 2.86. The molecule has 3 nitrogen and oxygen atoms in total. The maximum Gasteiger partial charge on any atom is 0.239 e. The number of benzene rings is 1. The Balaban J connectivity index is 0.00000200. The number of halogens is 1. The zero-order valence-electron chi connectivity index (χ0n) is 12.5. The molecule has 4 heteroatoms. The Kier molecular flexibility index (Phi) is 6.03. The van der Waals surface area contributed by atoms with Gasteiger partial charge in [0.2, 0.25) is 5.91 Å². The Bertz CT molecular complexity index is 464. The molecule has 2 unspecified atom stereocenters. The van der Waals surface area contributed by atoms with Crippen LogP contribution in [0.3, 0.4) is 0 Å². The quantitative estimate of drug-likeness (QED) is 0.932. The number of hydrogen-bond acceptors (Lipinski definition) is 2. The van der Waals surface area contributed by atoms with Crippen LogP contribution >= 0.6 is 12.4 Å². The van der Waals surface area contributed by atoms with Gasteiger partial charge in [0, 0.05) is 18.5 Å². The zero-order chi connectivity index (χ0) is 14.0. The van der Waals surface area contributed by atoms with Gasteiger partial charge in [0.25, 0.3) is 0 Å². The van der Waals surface area contributed by atoms with Crippen molar-refractivity contribution in [1.82, 2.24) is 4.90 Å². The van der Waals surface area contributed by atoms with Crippen molar-refractivity contribution in [2.45, 2.75) is 51.6 Å². The van der Waals surface area contributed by atoms with E-state index in [0.717, 1.165) is 13.0 Å². The Labute approximate surface area is 127 Å². The smallest absolute Gasteiger partial charge is 0.239 e. The molecule has 1 heterocycles. The van der Waals surface area contributed by atoms with Crippen molar-refractivity contribution < 1.29 is 4.79 Å². The van der Waals surface area contributed by atoms with Crippen LogP contribution in [0.1, 0.15) is 43.7 Å². The summed E-state index contributed by atoms with van der Waals surface area (Å²) in [5.74, 6) is 0.551. The number of carbonyl (C=O) groups is 1. The van der Waals surface area contributed by atoms with E-state index in [-0.39, 0.29) is 30.4 Å². The number of nitrogens with two attached hydrogens (primary N) is 1. The largest absolute Gasteiger partial charge is 0.338 e. The van der Waals surface area contributed by atoms with Gasteiger partial charge in [-0.15, -0.1) is 12.4 Å². The molecule has 112 valence electrons. The van der Waals surface area contributed by atoms with Crippen LogP contribution in [0.25, 0.3) is 0 Å². The summed E-state index contributed by atoms with van der Waals surface area (Å²) in [6, 6.07) is 8.40. The summed E-state index contributed by atoms with van der Waals surface area (Å²) in [4.78, 5) is 14.2. The Morgan fingerprint density at radius 3 is 2.70 bits per heavy atom. The van der Waals surface area contributed by atoms with Crippen LogP contribution in [-0.4, -0.2) is 29.4 Å². The topological polar surface area (TPSA) is 46.3 Å². The maximum atomic E-state index is 12.2. The van der Waals surface area contributed by atoms with E-state index >= 15 is 0 Å². The molecule has 0 aliphatic carbocycles. The number of rotatable bonds is 3. The summed E-state index contributed by atoms with van der Waals surface area (Å²) in [5, 5.41) is 0. The fourth-order valence-corrected chi connectivity index (χ4v) is 3.00. The lowest BCUT2D eigenvalue weighted by Gasteiger charge is -2.24. The minimum absolute atomic E-state index is 0. The lowest BCUT2D eigenvalue weighted by atomic mass is 9.93. The summed E-state index contributed by atoms with van der Waals surface area (Å²) in [5.41, 5.74) is 8.57. The van der Waals surface area contributed by atoms with E-state index in [4.69, 9.17) is 5.73 Å². The van der Waals surface area contributed by atoms with E-state index in [1.807, 2.05) is 11.8 Å². The first-order chi connectivity index (χ1) is 9.04. The molecule has 20 heavy (non-hydrogen) atoms. The third-order valence-electron chi connectivity index (χ3n) is 4.24. The van der Waals surface area contributed by atoms with Crippen LogP contribution in [0.15, 0.2) is 24.3 Å². The van der Waals surface area contributed by atoms with Gasteiger partial charge in [0.05, 0.1) is 6.04 Å². The van der Waals surface area contributed by atoms with Crippen LogP contribution in [0, 0.1) is 6.92 Å². The van der Waals surface area contributed by atoms with Gasteiger partial charge in [-0.2, -0.15) is 0 Å². The van der Waals surface area contributed by atoms with Crippen molar-refractivity contribution in [2.75, 3.05) is 6.54 Å². The van der Waals surface area contributed by atoms with Crippen molar-refractivity contribution in [1.29, 1.82) is 0 Å². The molecule has 0 saturated carbocycles. The average molecular weight is 297 g/mol. The van der Waals surface area contributed by atoms with Crippen molar-refractivity contribution in [2.24, 2.45) is 5.73 Å². The molecule has 1 aliphatic heterocycles. The number of likely N-dealkylation sites (tertiary alicyclic amines) is 1. The third-order valence-corrected chi connectivity index (χ3v) is 4.24. The van der Waals surface area contributed by atoms with Gasteiger partial charge in [-0.1, -0.05) is 31.2 Å². The highest BCUT2D eigenvalue weighted by Gasteiger charge is 2.35. The van der Waals surface area contributed by atoms with Crippen molar-refractivity contribution in [3.8, 4) is 0 Å². The summed E-state index contributed by atoms with van der Waals surface area (Å²) < 4.78 is 0. The Hall–Kier alpha value is -1.06. The highest BCUT2D eigenvalue weighted by atomic mass is 35.5. The fraction of sp³-hybridized carbons (Fsp3) is 0.562. The minimum atomic E-state index is -0.349. The van der Waals surface area contributed by atoms with Gasteiger partial charge in [0.15, 0.2) is 0 Å². The first-order valence-corrected chi connectivity index (χ1v) is 7.16. The van der Waals surface area contributed by atoms with Crippen LogP contribution in [-0.2, 0) is 4.79 Å². The standard InChI is InChI=1S/C16H24N2O.ClH/c1-4-15(17)16(19)18-10-13(9-12(18)3)14-8-6-5-7-11(14)2;/h5-8,12-13,15H,4,9-10,17H2,1-3H3;1H/t12?,13?,15-;/m0./s1. The fourth-order valence-electron chi connectivity index (χ4n) is 3.00. The van der Waals surface area contributed by atoms with Gasteiger partial charge in [0.1, 0.15) is 0 Å². The summed E-state index contributed by atoms with van der Waals surface area (Å²) in [7, 11) is 0. The first kappa shape index (κ1) is 17.0. The van der Waals surface area contributed by atoms with Crippen LogP contribution in [0.4, 0.5) is 0 Å². The summed E-state index contributed by atoms with van der Waals surface area (Å²) >= 11 is 0. The highest BCUT2D eigenvalue weighted by molar-refractivity contribution is 5.85. The van der Waals surface area contributed by atoms with Gasteiger partial charge in [-0.25, -0.2) is 0 Å². The molecule has 1 fully saturated rings. The minimum Gasteiger partial charge on any atom is -0.338 e. The molecule has 0 spiro atoms. The summed E-state index contributed by atoms with van der Waals surface area (Å²) in [6.45, 7) is 7.03. The second-order valence-electron chi connectivity index (χ2n) is 5.64. The van der Waals surface area contributed by atoms with Gasteiger partial charge >= 0.3 is 0 Å². The maximum absolute atomic E-state index is 12.2. The van der Waals surface area contributed by atoms with Gasteiger partial charge in [-0.3, -0.25) is 4.79 Å². The van der Waals surface area contributed by atoms with Gasteiger partial charge in [-0.05, 0) is 37.8 Å². The lowest BCUT2D eigenvalue weighted by molar-refractivity contribution is -0.133. The van der Waals surface area contributed by atoms with E-state index in [1.54, 1.807) is 0 Å². The van der Waals surface area contributed by atoms with Crippen molar-refractivity contribution in [3.05, 3.63) is 35.4 Å². The van der Waals surface area contributed by atoms with E-state index in [2.05, 4.69) is 38.1 Å². The molecule has 3 atom stereocenters. The number of nitrogens with zero attached hydrogens (tertiary/aromatic N) is 1. The molecule has 0 bridgehead atoms.